The molecule has 0 saturated carbocycles. The maximum atomic E-state index is 12.8. The molecule has 0 bridgehead atoms. The zero-order chi connectivity index (χ0) is 13.1. The molecule has 2 rings (SSSR count). The van der Waals surface area contributed by atoms with Crippen LogP contribution in [0.5, 0.6) is 0 Å². The number of thiazole rings is 1. The molecule has 0 aliphatic carbocycles. The lowest BCUT2D eigenvalue weighted by Crippen LogP contribution is -2.14. The molecule has 0 aromatic carbocycles. The van der Waals surface area contributed by atoms with Crippen LogP contribution in [-0.4, -0.2) is 23.6 Å². The van der Waals surface area contributed by atoms with Gasteiger partial charge in [0.15, 0.2) is 0 Å². The number of rotatable bonds is 4. The first-order chi connectivity index (χ1) is 8.61. The lowest BCUT2D eigenvalue weighted by Gasteiger charge is -2.05. The third-order valence-electron chi connectivity index (χ3n) is 2.72. The van der Waals surface area contributed by atoms with Crippen LogP contribution in [0.3, 0.4) is 0 Å². The van der Waals surface area contributed by atoms with Gasteiger partial charge in [-0.3, -0.25) is 4.98 Å². The highest BCUT2D eigenvalue weighted by Gasteiger charge is 2.15. The Hall–Kier alpha value is -1.33. The van der Waals surface area contributed by atoms with Gasteiger partial charge in [0.1, 0.15) is 11.5 Å². The van der Waals surface area contributed by atoms with Crippen molar-refractivity contribution in [2.45, 2.75) is 19.8 Å². The monoisotopic (exact) mass is 265 g/mol. The molecule has 0 fully saturated rings. The predicted octanol–water partition coefficient (Wildman–Crippen LogP) is 2.98. The molecule has 0 radical (unpaired) electrons. The van der Waals surface area contributed by atoms with E-state index in [0.717, 1.165) is 27.8 Å². The van der Waals surface area contributed by atoms with Crippen molar-refractivity contribution in [3.8, 4) is 11.4 Å². The predicted molar refractivity (Wildman–Crippen MR) is 72.4 cm³/mol. The molecule has 1 unspecified atom stereocenters. The van der Waals surface area contributed by atoms with E-state index in [1.807, 2.05) is 14.0 Å². The molecule has 0 spiro atoms. The van der Waals surface area contributed by atoms with Crippen molar-refractivity contribution in [3.63, 3.8) is 0 Å². The number of halogens is 1. The molecule has 2 aromatic rings. The molecule has 18 heavy (non-hydrogen) atoms. The highest BCUT2D eigenvalue weighted by Crippen LogP contribution is 2.29. The number of nitrogens with one attached hydrogen (secondary N) is 1. The van der Waals surface area contributed by atoms with E-state index in [4.69, 9.17) is 0 Å². The quantitative estimate of drug-likeness (QED) is 0.923. The van der Waals surface area contributed by atoms with Crippen molar-refractivity contribution in [3.05, 3.63) is 34.0 Å². The molecule has 5 heteroatoms. The standard InChI is InChI=1S/C13H16FN3S/c1-8(6-15-3)13-17-12(9(2)18-13)11-5-4-10(14)7-16-11/h4-5,7-8,15H,6H2,1-3H3. The minimum atomic E-state index is -0.324. The first-order valence-electron chi connectivity index (χ1n) is 5.85. The van der Waals surface area contributed by atoms with Gasteiger partial charge in [0, 0.05) is 17.3 Å². The molecular formula is C13H16FN3S. The van der Waals surface area contributed by atoms with Crippen LogP contribution in [0.2, 0.25) is 0 Å². The summed E-state index contributed by atoms with van der Waals surface area (Å²) in [6, 6.07) is 3.09. The maximum Gasteiger partial charge on any atom is 0.141 e. The van der Waals surface area contributed by atoms with E-state index in [1.54, 1.807) is 17.4 Å². The molecule has 2 aromatic heterocycles. The summed E-state index contributed by atoms with van der Waals surface area (Å²) in [5, 5.41) is 4.23. The third kappa shape index (κ3) is 2.73. The average Bonchev–Trinajstić information content (AvgIpc) is 2.73. The van der Waals surface area contributed by atoms with E-state index in [2.05, 4.69) is 22.2 Å². The Morgan fingerprint density at radius 3 is 2.83 bits per heavy atom. The minimum Gasteiger partial charge on any atom is -0.319 e. The van der Waals surface area contributed by atoms with Gasteiger partial charge in [-0.25, -0.2) is 9.37 Å². The van der Waals surface area contributed by atoms with Crippen LogP contribution in [0, 0.1) is 12.7 Å². The van der Waals surface area contributed by atoms with Gasteiger partial charge in [-0.15, -0.1) is 11.3 Å². The SMILES string of the molecule is CNCC(C)c1nc(-c2ccc(F)cn2)c(C)s1. The van der Waals surface area contributed by atoms with Gasteiger partial charge in [0.05, 0.1) is 16.9 Å². The van der Waals surface area contributed by atoms with E-state index in [0.29, 0.717) is 5.92 Å². The summed E-state index contributed by atoms with van der Waals surface area (Å²) >= 11 is 1.68. The summed E-state index contributed by atoms with van der Waals surface area (Å²) in [5.41, 5.74) is 1.59. The largest absolute Gasteiger partial charge is 0.319 e. The second-order valence-corrected chi connectivity index (χ2v) is 5.51. The topological polar surface area (TPSA) is 37.8 Å². The Morgan fingerprint density at radius 2 is 2.22 bits per heavy atom. The normalized spacial score (nSPS) is 12.7. The Labute approximate surface area is 110 Å². The molecule has 1 N–H and O–H groups in total. The fourth-order valence-corrected chi connectivity index (χ4v) is 2.76. The first-order valence-corrected chi connectivity index (χ1v) is 6.67. The van der Waals surface area contributed by atoms with Crippen molar-refractivity contribution >= 4 is 11.3 Å². The molecule has 96 valence electrons. The Bertz CT molecular complexity index is 522. The summed E-state index contributed by atoms with van der Waals surface area (Å²) in [6.07, 6.45) is 1.23. The average molecular weight is 265 g/mol. The second kappa shape index (κ2) is 5.54. The lowest BCUT2D eigenvalue weighted by molar-refractivity contribution is 0.621. The maximum absolute atomic E-state index is 12.8. The van der Waals surface area contributed by atoms with Crippen LogP contribution >= 0.6 is 11.3 Å². The van der Waals surface area contributed by atoms with Gasteiger partial charge in [-0.1, -0.05) is 6.92 Å². The number of hydrogen-bond acceptors (Lipinski definition) is 4. The zero-order valence-corrected chi connectivity index (χ0v) is 11.5. The Kier molecular flexibility index (Phi) is 4.04. The van der Waals surface area contributed by atoms with Crippen LogP contribution in [0.1, 0.15) is 22.7 Å². The summed E-state index contributed by atoms with van der Waals surface area (Å²) in [6.45, 7) is 5.05. The van der Waals surface area contributed by atoms with E-state index < -0.39 is 0 Å². The molecule has 0 amide bonds. The highest BCUT2D eigenvalue weighted by molar-refractivity contribution is 7.12. The summed E-state index contributed by atoms with van der Waals surface area (Å²) in [7, 11) is 1.93. The van der Waals surface area contributed by atoms with E-state index in [9.17, 15) is 4.39 Å². The van der Waals surface area contributed by atoms with Crippen molar-refractivity contribution < 1.29 is 4.39 Å². The van der Waals surface area contributed by atoms with Gasteiger partial charge >= 0.3 is 0 Å². The fraction of sp³-hybridized carbons (Fsp3) is 0.385. The van der Waals surface area contributed by atoms with E-state index >= 15 is 0 Å². The number of nitrogens with zero attached hydrogens (tertiary/aromatic N) is 2. The van der Waals surface area contributed by atoms with Gasteiger partial charge < -0.3 is 5.32 Å². The fourth-order valence-electron chi connectivity index (χ4n) is 1.77. The summed E-state index contributed by atoms with van der Waals surface area (Å²) < 4.78 is 12.8. The third-order valence-corrected chi connectivity index (χ3v) is 3.92. The molecule has 0 aliphatic heterocycles. The van der Waals surface area contributed by atoms with Crippen molar-refractivity contribution in [1.82, 2.24) is 15.3 Å². The van der Waals surface area contributed by atoms with E-state index in [-0.39, 0.29) is 5.82 Å². The molecule has 0 saturated heterocycles. The van der Waals surface area contributed by atoms with Gasteiger partial charge in [-0.2, -0.15) is 0 Å². The second-order valence-electron chi connectivity index (χ2n) is 4.28. The number of aryl methyl sites for hydroxylation is 1. The van der Waals surface area contributed by atoms with Crippen molar-refractivity contribution in [1.29, 1.82) is 0 Å². The van der Waals surface area contributed by atoms with Crippen molar-refractivity contribution in [2.24, 2.45) is 0 Å². The lowest BCUT2D eigenvalue weighted by atomic mass is 10.2. The van der Waals surface area contributed by atoms with Crippen LogP contribution < -0.4 is 5.32 Å². The number of pyridine rings is 1. The molecule has 1 atom stereocenters. The number of aromatic nitrogens is 2. The highest BCUT2D eigenvalue weighted by atomic mass is 32.1. The molecular weight excluding hydrogens is 249 g/mol. The van der Waals surface area contributed by atoms with Gasteiger partial charge in [-0.05, 0) is 26.1 Å². The van der Waals surface area contributed by atoms with Gasteiger partial charge in [0.2, 0.25) is 0 Å². The molecule has 0 aliphatic rings. The Morgan fingerprint density at radius 1 is 1.44 bits per heavy atom. The minimum absolute atomic E-state index is 0.324. The van der Waals surface area contributed by atoms with Crippen LogP contribution in [0.15, 0.2) is 18.3 Å². The van der Waals surface area contributed by atoms with Crippen LogP contribution in [0.25, 0.3) is 11.4 Å². The molecule has 2 heterocycles. The summed E-state index contributed by atoms with van der Waals surface area (Å²) in [4.78, 5) is 9.82. The molecule has 3 nitrogen and oxygen atoms in total. The smallest absolute Gasteiger partial charge is 0.141 e. The Balaban J connectivity index is 2.31. The summed E-state index contributed by atoms with van der Waals surface area (Å²) in [5.74, 6) is 0.0447. The first kappa shape index (κ1) is 13.1. The van der Waals surface area contributed by atoms with Crippen LogP contribution in [-0.2, 0) is 0 Å². The zero-order valence-electron chi connectivity index (χ0n) is 10.7. The van der Waals surface area contributed by atoms with Crippen LogP contribution in [0.4, 0.5) is 4.39 Å². The number of likely N-dealkylation sites (N-methyl/N-ethyl adjacent to an activating group) is 1. The van der Waals surface area contributed by atoms with Gasteiger partial charge in [0.25, 0.3) is 0 Å². The number of hydrogen-bond donors (Lipinski definition) is 1. The van der Waals surface area contributed by atoms with Crippen molar-refractivity contribution in [2.75, 3.05) is 13.6 Å². The van der Waals surface area contributed by atoms with E-state index in [1.165, 1.54) is 12.3 Å².